The minimum atomic E-state index is -0.182. The van der Waals surface area contributed by atoms with Crippen LogP contribution in [0.2, 0.25) is 0 Å². The van der Waals surface area contributed by atoms with Crippen molar-refractivity contribution >= 4 is 16.8 Å². The molecule has 1 amide bonds. The molecule has 2 aliphatic rings. The summed E-state index contributed by atoms with van der Waals surface area (Å²) >= 11 is 0. The second kappa shape index (κ2) is 8.03. The summed E-state index contributed by atoms with van der Waals surface area (Å²) in [5, 5.41) is 8.17. The molecule has 0 bridgehead atoms. The molecule has 27 heavy (non-hydrogen) atoms. The number of likely N-dealkylation sites (tertiary alicyclic amines) is 1. The van der Waals surface area contributed by atoms with Crippen molar-refractivity contribution in [3.8, 4) is 0 Å². The van der Waals surface area contributed by atoms with Crippen molar-refractivity contribution < 1.29 is 4.79 Å². The van der Waals surface area contributed by atoms with E-state index in [-0.39, 0.29) is 18.0 Å². The summed E-state index contributed by atoms with van der Waals surface area (Å²) in [4.78, 5) is 18.8. The number of hydrogen-bond acceptors (Lipinski definition) is 3. The molecule has 0 radical (unpaired) electrons. The first kappa shape index (κ1) is 18.5. The fourth-order valence-corrected chi connectivity index (χ4v) is 4.65. The Labute approximate surface area is 161 Å². The molecule has 2 aromatic rings. The van der Waals surface area contributed by atoms with E-state index in [1.54, 1.807) is 0 Å². The largest absolute Gasteiger partial charge is 0.361 e. The summed E-state index contributed by atoms with van der Waals surface area (Å²) in [7, 11) is 0. The molecule has 1 fully saturated rings. The lowest BCUT2D eigenvalue weighted by Crippen LogP contribution is -2.47. The van der Waals surface area contributed by atoms with E-state index in [1.165, 1.54) is 48.0 Å². The molecule has 2 aliphatic heterocycles. The highest BCUT2D eigenvalue weighted by atomic mass is 16.2. The maximum absolute atomic E-state index is 12.9. The third-order valence-corrected chi connectivity index (χ3v) is 5.97. The summed E-state index contributed by atoms with van der Waals surface area (Å²) in [6, 6.07) is 6.49. The number of aromatic amines is 1. The van der Waals surface area contributed by atoms with Crippen LogP contribution in [0, 0.1) is 5.92 Å². The highest BCUT2D eigenvalue weighted by molar-refractivity contribution is 5.90. The molecule has 5 nitrogen and oxygen atoms in total. The van der Waals surface area contributed by atoms with Gasteiger partial charge in [-0.1, -0.05) is 26.0 Å². The van der Waals surface area contributed by atoms with Gasteiger partial charge in [0.05, 0.1) is 6.04 Å². The van der Waals surface area contributed by atoms with E-state index in [2.05, 4.69) is 58.8 Å². The molecule has 146 valence electrons. The summed E-state index contributed by atoms with van der Waals surface area (Å²) in [5.41, 5.74) is 3.75. The SMILES string of the molecule is CC(C)C[C@@H]1N[C@H](C(=O)NCCN2CCCC2)Cc2c[nH]c3cccc1c23. The highest BCUT2D eigenvalue weighted by Gasteiger charge is 2.30. The minimum Gasteiger partial charge on any atom is -0.361 e. The van der Waals surface area contributed by atoms with Gasteiger partial charge in [0.25, 0.3) is 0 Å². The molecule has 0 saturated carbocycles. The van der Waals surface area contributed by atoms with Gasteiger partial charge in [-0.3, -0.25) is 10.1 Å². The molecule has 0 unspecified atom stereocenters. The van der Waals surface area contributed by atoms with E-state index in [4.69, 9.17) is 0 Å². The Morgan fingerprint density at radius 3 is 2.89 bits per heavy atom. The Morgan fingerprint density at radius 2 is 2.11 bits per heavy atom. The molecule has 4 rings (SSSR count). The van der Waals surface area contributed by atoms with Gasteiger partial charge in [-0.05, 0) is 61.9 Å². The smallest absolute Gasteiger partial charge is 0.237 e. The van der Waals surface area contributed by atoms with E-state index < -0.39 is 0 Å². The maximum atomic E-state index is 12.9. The maximum Gasteiger partial charge on any atom is 0.237 e. The molecule has 5 heteroatoms. The molecule has 0 spiro atoms. The Bertz CT molecular complexity index is 791. The van der Waals surface area contributed by atoms with Crippen LogP contribution in [0.1, 0.15) is 50.3 Å². The topological polar surface area (TPSA) is 60.2 Å². The van der Waals surface area contributed by atoms with Crippen molar-refractivity contribution in [3.05, 3.63) is 35.5 Å². The normalized spacial score (nSPS) is 23.1. The van der Waals surface area contributed by atoms with Crippen LogP contribution >= 0.6 is 0 Å². The Kier molecular flexibility index (Phi) is 5.50. The zero-order valence-electron chi connectivity index (χ0n) is 16.6. The lowest BCUT2D eigenvalue weighted by molar-refractivity contribution is -0.123. The zero-order valence-corrected chi connectivity index (χ0v) is 16.6. The van der Waals surface area contributed by atoms with Crippen LogP contribution < -0.4 is 10.6 Å². The molecule has 1 saturated heterocycles. The number of amides is 1. The van der Waals surface area contributed by atoms with E-state index >= 15 is 0 Å². The summed E-state index contributed by atoms with van der Waals surface area (Å²) < 4.78 is 0. The van der Waals surface area contributed by atoms with E-state index in [9.17, 15) is 4.79 Å². The van der Waals surface area contributed by atoms with E-state index in [0.29, 0.717) is 5.92 Å². The third kappa shape index (κ3) is 4.04. The molecular formula is C22H32N4O. The predicted molar refractivity (Wildman–Crippen MR) is 110 cm³/mol. The number of carbonyl (C=O) groups excluding carboxylic acids is 1. The van der Waals surface area contributed by atoms with E-state index in [0.717, 1.165) is 25.9 Å². The molecule has 1 aromatic carbocycles. The fraction of sp³-hybridized carbons (Fsp3) is 0.591. The van der Waals surface area contributed by atoms with Gasteiger partial charge in [-0.2, -0.15) is 0 Å². The van der Waals surface area contributed by atoms with Crippen molar-refractivity contribution in [2.45, 2.75) is 51.6 Å². The van der Waals surface area contributed by atoms with E-state index in [1.807, 2.05) is 0 Å². The van der Waals surface area contributed by atoms with Crippen molar-refractivity contribution in [1.29, 1.82) is 0 Å². The molecule has 3 heterocycles. The monoisotopic (exact) mass is 368 g/mol. The van der Waals surface area contributed by atoms with Crippen molar-refractivity contribution in [1.82, 2.24) is 20.5 Å². The van der Waals surface area contributed by atoms with Crippen LogP contribution in [0.4, 0.5) is 0 Å². The predicted octanol–water partition coefficient (Wildman–Crippen LogP) is 2.98. The number of rotatable bonds is 6. The first-order chi connectivity index (χ1) is 13.1. The lowest BCUT2D eigenvalue weighted by Gasteiger charge is -2.25. The Morgan fingerprint density at radius 1 is 1.30 bits per heavy atom. The third-order valence-electron chi connectivity index (χ3n) is 5.97. The minimum absolute atomic E-state index is 0.130. The van der Waals surface area contributed by atoms with Gasteiger partial charge < -0.3 is 15.2 Å². The quantitative estimate of drug-likeness (QED) is 0.735. The number of nitrogens with one attached hydrogen (secondary N) is 3. The second-order valence-electron chi connectivity index (χ2n) is 8.53. The first-order valence-electron chi connectivity index (χ1n) is 10.5. The fourth-order valence-electron chi connectivity index (χ4n) is 4.65. The molecule has 1 aromatic heterocycles. The van der Waals surface area contributed by atoms with Crippen molar-refractivity contribution in [2.24, 2.45) is 5.92 Å². The van der Waals surface area contributed by atoms with Crippen LogP contribution in [0.3, 0.4) is 0 Å². The number of H-pyrrole nitrogens is 1. The molecular weight excluding hydrogens is 336 g/mol. The van der Waals surface area contributed by atoms with Crippen LogP contribution in [-0.4, -0.2) is 48.0 Å². The summed E-state index contributed by atoms with van der Waals surface area (Å²) in [6.45, 7) is 8.53. The Hall–Kier alpha value is -1.85. The number of aromatic nitrogens is 1. The average Bonchev–Trinajstić information content (AvgIpc) is 3.26. The number of benzene rings is 1. The van der Waals surface area contributed by atoms with Crippen LogP contribution in [0.5, 0.6) is 0 Å². The number of nitrogens with zero attached hydrogens (tertiary/aromatic N) is 1. The molecule has 0 aliphatic carbocycles. The Balaban J connectivity index is 1.50. The zero-order chi connectivity index (χ0) is 18.8. The van der Waals surface area contributed by atoms with Gasteiger partial charge in [0, 0.05) is 36.2 Å². The van der Waals surface area contributed by atoms with Gasteiger partial charge in [0.1, 0.15) is 0 Å². The average molecular weight is 369 g/mol. The highest BCUT2D eigenvalue weighted by Crippen LogP contribution is 2.34. The van der Waals surface area contributed by atoms with Crippen LogP contribution in [0.25, 0.3) is 10.9 Å². The molecule has 2 atom stereocenters. The van der Waals surface area contributed by atoms with Crippen LogP contribution in [-0.2, 0) is 11.2 Å². The first-order valence-corrected chi connectivity index (χ1v) is 10.5. The lowest BCUT2D eigenvalue weighted by atomic mass is 9.94. The van der Waals surface area contributed by atoms with Gasteiger partial charge in [-0.25, -0.2) is 0 Å². The van der Waals surface area contributed by atoms with Crippen molar-refractivity contribution in [2.75, 3.05) is 26.2 Å². The molecule has 3 N–H and O–H groups in total. The van der Waals surface area contributed by atoms with Gasteiger partial charge in [-0.15, -0.1) is 0 Å². The number of hydrogen-bond donors (Lipinski definition) is 3. The summed E-state index contributed by atoms with van der Waals surface area (Å²) in [6.07, 6.45) is 6.42. The van der Waals surface area contributed by atoms with Gasteiger partial charge >= 0.3 is 0 Å². The van der Waals surface area contributed by atoms with Gasteiger partial charge in [0.2, 0.25) is 5.91 Å². The summed E-state index contributed by atoms with van der Waals surface area (Å²) in [5.74, 6) is 0.697. The number of carbonyl (C=O) groups is 1. The van der Waals surface area contributed by atoms with Crippen molar-refractivity contribution in [3.63, 3.8) is 0 Å². The van der Waals surface area contributed by atoms with Crippen LogP contribution in [0.15, 0.2) is 24.4 Å². The standard InChI is InChI=1S/C22H32N4O/c1-15(2)12-19-17-6-5-7-18-21(17)16(14-24-18)13-20(25-19)22(27)23-8-11-26-9-3-4-10-26/h5-7,14-15,19-20,24-25H,3-4,8-13H2,1-2H3,(H,23,27)/t19-,20-/m0/s1. The van der Waals surface area contributed by atoms with Gasteiger partial charge in [0.15, 0.2) is 0 Å². The second-order valence-corrected chi connectivity index (χ2v) is 8.53.